The highest BCUT2D eigenvalue weighted by Gasteiger charge is 2.14. The van der Waals surface area contributed by atoms with Crippen LogP contribution in [0.3, 0.4) is 0 Å². The molecule has 0 heteroatoms. The highest BCUT2D eigenvalue weighted by Crippen LogP contribution is 2.34. The molecule has 0 fully saturated rings. The Morgan fingerprint density at radius 1 is 0.293 bits per heavy atom. The highest BCUT2D eigenvalue weighted by molar-refractivity contribution is 6.10. The quantitative estimate of drug-likeness (QED) is 0.0743. The molecule has 58 heavy (non-hydrogen) atoms. The van der Waals surface area contributed by atoms with Crippen LogP contribution in [0.15, 0.2) is 146 Å². The Balaban J connectivity index is 1.36. The van der Waals surface area contributed by atoms with E-state index in [1.165, 1.54) is 62.5 Å². The van der Waals surface area contributed by atoms with E-state index in [2.05, 4.69) is 146 Å². The zero-order chi connectivity index (χ0) is 39.8. The average Bonchev–Trinajstić information content (AvgIpc) is 3.28. The summed E-state index contributed by atoms with van der Waals surface area (Å²) in [5, 5.41) is 4.19. The van der Waals surface area contributed by atoms with Crippen LogP contribution in [0.25, 0.3) is 21.5 Å². The molecule has 0 N–H and O–H groups in total. The summed E-state index contributed by atoms with van der Waals surface area (Å²) in [6.45, 7) is 4.52. The molecule has 0 amide bonds. The van der Waals surface area contributed by atoms with Crippen LogP contribution < -0.4 is 0 Å². The molecule has 0 aliphatic heterocycles. The third kappa shape index (κ3) is 10.8. The summed E-state index contributed by atoms with van der Waals surface area (Å²) in [5.41, 5.74) is 10.5. The lowest BCUT2D eigenvalue weighted by molar-refractivity contribution is 0.667. The van der Waals surface area contributed by atoms with Crippen LogP contribution in [-0.4, -0.2) is 0 Å². The second-order valence-electron chi connectivity index (χ2n) is 15.0. The minimum absolute atomic E-state index is 0.935. The molecule has 0 aliphatic rings. The number of benzene rings is 7. The maximum absolute atomic E-state index is 3.65. The number of rotatable bonds is 10. The molecule has 7 aromatic carbocycles. The van der Waals surface area contributed by atoms with Crippen molar-refractivity contribution < 1.29 is 0 Å². The summed E-state index contributed by atoms with van der Waals surface area (Å²) < 4.78 is 0. The molecule has 7 rings (SSSR count). The van der Waals surface area contributed by atoms with E-state index in [1.807, 2.05) is 60.7 Å². The molecule has 0 bridgehead atoms. The molecule has 0 saturated carbocycles. The molecule has 0 aliphatic carbocycles. The first-order chi connectivity index (χ1) is 28.7. The third-order valence-electron chi connectivity index (χ3n) is 10.6. The van der Waals surface area contributed by atoms with Crippen LogP contribution in [-0.2, 0) is 12.8 Å². The Hall–Kier alpha value is -6.70. The van der Waals surface area contributed by atoms with Crippen molar-refractivity contribution in [1.29, 1.82) is 0 Å². The van der Waals surface area contributed by atoms with Gasteiger partial charge in [0.2, 0.25) is 0 Å². The lowest BCUT2D eigenvalue weighted by Gasteiger charge is -2.12. The lowest BCUT2D eigenvalue weighted by atomic mass is 9.89. The molecule has 0 spiro atoms. The van der Waals surface area contributed by atoms with Crippen molar-refractivity contribution in [3.8, 4) is 47.4 Å². The molecule has 0 radical (unpaired) electrons. The Morgan fingerprint density at radius 3 is 1.03 bits per heavy atom. The number of unbranched alkanes of at least 4 members (excludes halogenated alkanes) is 6. The van der Waals surface area contributed by atoms with Crippen LogP contribution in [0.2, 0.25) is 0 Å². The van der Waals surface area contributed by atoms with E-state index in [0.29, 0.717) is 0 Å². The number of fused-ring (bicyclic) bond motifs is 2. The van der Waals surface area contributed by atoms with Crippen molar-refractivity contribution in [3.05, 3.63) is 201 Å². The molecular weight excluding hydrogens is 697 g/mol. The minimum atomic E-state index is 0.935. The molecule has 0 nitrogen and oxygen atoms in total. The summed E-state index contributed by atoms with van der Waals surface area (Å²) in [4.78, 5) is 0. The van der Waals surface area contributed by atoms with Crippen molar-refractivity contribution in [1.82, 2.24) is 0 Å². The fraction of sp³-hybridized carbons (Fsp3) is 0.207. The van der Waals surface area contributed by atoms with Gasteiger partial charge in [0, 0.05) is 55.3 Å². The predicted molar refractivity (Wildman–Crippen MR) is 247 cm³/mol. The number of aryl methyl sites for hydroxylation is 2. The van der Waals surface area contributed by atoms with E-state index in [0.717, 1.165) is 78.9 Å². The summed E-state index contributed by atoms with van der Waals surface area (Å²) in [7, 11) is 0. The summed E-state index contributed by atoms with van der Waals surface area (Å²) in [5.74, 6) is 28.0. The Kier molecular flexibility index (Phi) is 13.9. The Morgan fingerprint density at radius 2 is 0.638 bits per heavy atom. The maximum atomic E-state index is 3.65. The van der Waals surface area contributed by atoms with Gasteiger partial charge in [-0.3, -0.25) is 0 Å². The highest BCUT2D eigenvalue weighted by atomic mass is 14.2. The zero-order valence-corrected chi connectivity index (χ0v) is 33.9. The van der Waals surface area contributed by atoms with Gasteiger partial charge in [0.15, 0.2) is 0 Å². The molecule has 0 aromatic heterocycles. The van der Waals surface area contributed by atoms with Crippen LogP contribution in [0.4, 0.5) is 0 Å². The van der Waals surface area contributed by atoms with Crippen LogP contribution in [0.5, 0.6) is 0 Å². The normalized spacial score (nSPS) is 10.4. The van der Waals surface area contributed by atoms with Gasteiger partial charge in [-0.25, -0.2) is 0 Å². The van der Waals surface area contributed by atoms with Gasteiger partial charge in [-0.1, -0.05) is 173 Å². The van der Waals surface area contributed by atoms with Crippen molar-refractivity contribution >= 4 is 21.5 Å². The van der Waals surface area contributed by atoms with Gasteiger partial charge >= 0.3 is 0 Å². The van der Waals surface area contributed by atoms with Gasteiger partial charge in [0.1, 0.15) is 0 Å². The molecule has 0 heterocycles. The van der Waals surface area contributed by atoms with Crippen molar-refractivity contribution in [2.45, 2.75) is 78.1 Å². The van der Waals surface area contributed by atoms with E-state index in [4.69, 9.17) is 0 Å². The lowest BCUT2D eigenvalue weighted by Crippen LogP contribution is -1.93. The largest absolute Gasteiger partial charge is 0.0654 e. The number of hydrogen-bond donors (Lipinski definition) is 0. The Labute approximate surface area is 346 Å². The molecule has 7 aromatic rings. The summed E-state index contributed by atoms with van der Waals surface area (Å²) in [6.07, 6.45) is 12.3. The van der Waals surface area contributed by atoms with Gasteiger partial charge < -0.3 is 0 Å². The van der Waals surface area contributed by atoms with Gasteiger partial charge in [-0.2, -0.15) is 0 Å². The third-order valence-corrected chi connectivity index (χ3v) is 10.6. The molecule has 0 atom stereocenters. The van der Waals surface area contributed by atoms with Gasteiger partial charge in [-0.15, -0.1) is 0 Å². The first kappa shape index (κ1) is 39.5. The smallest absolute Gasteiger partial charge is 0.0407 e. The fourth-order valence-electron chi connectivity index (χ4n) is 7.28. The van der Waals surface area contributed by atoms with E-state index < -0.39 is 0 Å². The van der Waals surface area contributed by atoms with Gasteiger partial charge in [0.25, 0.3) is 0 Å². The van der Waals surface area contributed by atoms with Crippen LogP contribution in [0, 0.1) is 47.4 Å². The van der Waals surface area contributed by atoms with Gasteiger partial charge in [0.05, 0.1) is 0 Å². The summed E-state index contributed by atoms with van der Waals surface area (Å²) in [6, 6.07) is 50.8. The van der Waals surface area contributed by atoms with Crippen LogP contribution in [0.1, 0.15) is 121 Å². The average molecular weight is 747 g/mol. The van der Waals surface area contributed by atoms with Crippen molar-refractivity contribution in [2.75, 3.05) is 0 Å². The predicted octanol–water partition coefficient (Wildman–Crippen LogP) is 13.8. The standard InChI is InChI=1S/C58H50/c1-3-5-7-11-21-47-23-27-49(28-24-47)35-39-53-55-41-37-52(34-32-46-19-15-10-16-20-46)44-58(55)54(40-36-50-29-25-48(26-30-50)22-12-8-6-4-2)56-42-38-51(43-57(53)56)33-31-45-17-13-9-14-18-45/h9-10,13-20,23-30,37-38,41-44H,3-8,11-12,21-22H2,1-2H3. The molecule has 282 valence electrons. The molecule has 0 unspecified atom stereocenters. The maximum Gasteiger partial charge on any atom is 0.0407 e. The Bertz CT molecular complexity index is 2530. The topological polar surface area (TPSA) is 0 Å². The SMILES string of the molecule is CCCCCCc1ccc(C#Cc2c3ccc(C#Cc4ccccc4)cc3c(C#Cc3ccc(CCCCCC)cc3)c3ccc(C#Cc4ccccc4)cc23)cc1. The minimum Gasteiger partial charge on any atom is -0.0654 e. The molecular formula is C58H50. The summed E-state index contributed by atoms with van der Waals surface area (Å²) >= 11 is 0. The van der Waals surface area contributed by atoms with Gasteiger partial charge in [-0.05, 0) is 120 Å². The van der Waals surface area contributed by atoms with Crippen molar-refractivity contribution in [3.63, 3.8) is 0 Å². The second kappa shape index (κ2) is 20.5. The fourth-order valence-corrected chi connectivity index (χ4v) is 7.28. The first-order valence-corrected chi connectivity index (χ1v) is 21.1. The first-order valence-electron chi connectivity index (χ1n) is 21.1. The van der Waals surface area contributed by atoms with E-state index in [1.54, 1.807) is 0 Å². The second-order valence-corrected chi connectivity index (χ2v) is 15.0. The molecule has 0 saturated heterocycles. The zero-order valence-electron chi connectivity index (χ0n) is 33.9. The van der Waals surface area contributed by atoms with E-state index in [9.17, 15) is 0 Å². The van der Waals surface area contributed by atoms with Crippen LogP contribution >= 0.6 is 0 Å². The van der Waals surface area contributed by atoms with E-state index >= 15 is 0 Å². The van der Waals surface area contributed by atoms with E-state index in [-0.39, 0.29) is 0 Å². The van der Waals surface area contributed by atoms with Crippen molar-refractivity contribution in [2.24, 2.45) is 0 Å². The monoisotopic (exact) mass is 746 g/mol. The number of hydrogen-bond acceptors (Lipinski definition) is 0.